The van der Waals surface area contributed by atoms with Crippen molar-refractivity contribution in [3.63, 3.8) is 0 Å². The number of anilines is 1. The van der Waals surface area contributed by atoms with E-state index >= 15 is 0 Å². The van der Waals surface area contributed by atoms with Crippen molar-refractivity contribution in [1.82, 2.24) is 4.72 Å². The molecule has 0 unspecified atom stereocenters. The van der Waals surface area contributed by atoms with Gasteiger partial charge in [-0.25, -0.2) is 12.8 Å². The second-order valence-electron chi connectivity index (χ2n) is 6.13. The molecule has 0 radical (unpaired) electrons. The highest BCUT2D eigenvalue weighted by atomic mass is 32.2. The van der Waals surface area contributed by atoms with Crippen LogP contribution in [0.4, 0.5) is 10.1 Å². The van der Waals surface area contributed by atoms with Crippen molar-refractivity contribution < 1.29 is 27.5 Å². The molecule has 0 aliphatic carbocycles. The Hall–Kier alpha value is -2.00. The summed E-state index contributed by atoms with van der Waals surface area (Å²) >= 11 is 0. The van der Waals surface area contributed by atoms with Crippen molar-refractivity contribution in [3.8, 4) is 0 Å². The smallest absolute Gasteiger partial charge is 0.321 e. The fourth-order valence-corrected chi connectivity index (χ4v) is 3.82. The summed E-state index contributed by atoms with van der Waals surface area (Å²) in [6.07, 6.45) is 0.548. The normalized spacial score (nSPS) is 15.8. The molecule has 24 heavy (non-hydrogen) atoms. The molecule has 0 fully saturated rings. The van der Waals surface area contributed by atoms with E-state index < -0.39 is 32.7 Å². The lowest BCUT2D eigenvalue weighted by Gasteiger charge is -2.20. The Bertz CT molecular complexity index is 776. The van der Waals surface area contributed by atoms with Crippen LogP contribution < -0.4 is 10.0 Å². The molecule has 1 aliphatic rings. The first-order valence-electron chi connectivity index (χ1n) is 7.47. The van der Waals surface area contributed by atoms with Gasteiger partial charge in [0.15, 0.2) is 0 Å². The fourth-order valence-electron chi connectivity index (χ4n) is 2.51. The Morgan fingerprint density at radius 1 is 1.38 bits per heavy atom. The molecule has 0 spiro atoms. The molecular formula is C15H19FN2O5S. The third-order valence-corrected chi connectivity index (χ3v) is 5.13. The summed E-state index contributed by atoms with van der Waals surface area (Å²) < 4.78 is 41.0. The fraction of sp³-hybridized carbons (Fsp3) is 0.467. The number of hydrogen-bond acceptors (Lipinski definition) is 4. The van der Waals surface area contributed by atoms with Crippen LogP contribution in [-0.2, 0) is 26.0 Å². The van der Waals surface area contributed by atoms with Gasteiger partial charge in [-0.1, -0.05) is 13.8 Å². The predicted molar refractivity (Wildman–Crippen MR) is 84.6 cm³/mol. The van der Waals surface area contributed by atoms with Crippen LogP contribution in [0, 0.1) is 11.7 Å². The SMILES string of the molecule is CC(C)C[C@H](NS(=O)(=O)c1cc2c(cc1F)NC(=O)CC2)C(=O)O. The maximum atomic E-state index is 14.2. The predicted octanol–water partition coefficient (Wildman–Crippen LogP) is 1.49. The molecule has 1 heterocycles. The van der Waals surface area contributed by atoms with E-state index in [4.69, 9.17) is 5.11 Å². The van der Waals surface area contributed by atoms with Gasteiger partial charge in [-0.2, -0.15) is 4.72 Å². The maximum absolute atomic E-state index is 14.2. The van der Waals surface area contributed by atoms with Crippen molar-refractivity contribution in [1.29, 1.82) is 0 Å². The highest BCUT2D eigenvalue weighted by Crippen LogP contribution is 2.28. The zero-order valence-electron chi connectivity index (χ0n) is 13.3. The Morgan fingerprint density at radius 3 is 2.62 bits per heavy atom. The maximum Gasteiger partial charge on any atom is 0.321 e. The molecule has 3 N–H and O–H groups in total. The number of nitrogens with one attached hydrogen (secondary N) is 2. The molecule has 2 rings (SSSR count). The Morgan fingerprint density at radius 2 is 2.04 bits per heavy atom. The van der Waals surface area contributed by atoms with E-state index in [0.29, 0.717) is 5.56 Å². The molecule has 1 aromatic carbocycles. The summed E-state index contributed by atoms with van der Waals surface area (Å²) in [4.78, 5) is 21.9. The zero-order valence-corrected chi connectivity index (χ0v) is 14.1. The summed E-state index contributed by atoms with van der Waals surface area (Å²) in [6, 6.07) is 0.741. The molecule has 0 aromatic heterocycles. The largest absolute Gasteiger partial charge is 0.480 e. The van der Waals surface area contributed by atoms with Gasteiger partial charge in [0.25, 0.3) is 0 Å². The van der Waals surface area contributed by atoms with Gasteiger partial charge in [0.05, 0.1) is 0 Å². The molecule has 0 saturated carbocycles. The standard InChI is InChI=1S/C15H19FN2O5S/c1-8(2)5-12(15(20)21)18-24(22,23)13-6-9-3-4-14(19)17-11(9)7-10(13)16/h6-8,12,18H,3-5H2,1-2H3,(H,17,19)(H,20,21)/t12-/m0/s1. The van der Waals surface area contributed by atoms with Crippen LogP contribution in [0.5, 0.6) is 0 Å². The Balaban J connectivity index is 2.35. The highest BCUT2D eigenvalue weighted by molar-refractivity contribution is 7.89. The number of fused-ring (bicyclic) bond motifs is 1. The molecule has 1 atom stereocenters. The third-order valence-electron chi connectivity index (χ3n) is 3.65. The number of halogens is 1. The van der Waals surface area contributed by atoms with Gasteiger partial charge in [0.1, 0.15) is 16.8 Å². The molecule has 132 valence electrons. The van der Waals surface area contributed by atoms with E-state index in [1.807, 2.05) is 4.72 Å². The first-order valence-corrected chi connectivity index (χ1v) is 8.96. The summed E-state index contributed by atoms with van der Waals surface area (Å²) in [7, 11) is -4.35. The summed E-state index contributed by atoms with van der Waals surface area (Å²) in [5.41, 5.74) is 0.728. The van der Waals surface area contributed by atoms with Gasteiger partial charge in [-0.15, -0.1) is 0 Å². The second kappa shape index (κ2) is 6.86. The third kappa shape index (κ3) is 4.09. The number of aryl methyl sites for hydroxylation is 1. The van der Waals surface area contributed by atoms with Crippen molar-refractivity contribution >= 4 is 27.6 Å². The Kier molecular flexibility index (Phi) is 5.24. The number of sulfonamides is 1. The van der Waals surface area contributed by atoms with Gasteiger partial charge < -0.3 is 10.4 Å². The number of benzene rings is 1. The van der Waals surface area contributed by atoms with Crippen LogP contribution >= 0.6 is 0 Å². The van der Waals surface area contributed by atoms with E-state index in [-0.39, 0.29) is 36.8 Å². The van der Waals surface area contributed by atoms with E-state index in [1.54, 1.807) is 13.8 Å². The van der Waals surface area contributed by atoms with E-state index in [2.05, 4.69) is 5.32 Å². The Labute approximate surface area is 139 Å². The summed E-state index contributed by atoms with van der Waals surface area (Å²) in [5, 5.41) is 11.6. The van der Waals surface area contributed by atoms with Crippen LogP contribution in [0.2, 0.25) is 0 Å². The minimum atomic E-state index is -4.35. The average Bonchev–Trinajstić information content (AvgIpc) is 2.44. The van der Waals surface area contributed by atoms with Crippen molar-refractivity contribution in [2.24, 2.45) is 5.92 Å². The lowest BCUT2D eigenvalue weighted by atomic mass is 10.0. The van der Waals surface area contributed by atoms with Crippen LogP contribution in [-0.4, -0.2) is 31.4 Å². The topological polar surface area (TPSA) is 113 Å². The number of carbonyl (C=O) groups is 2. The van der Waals surface area contributed by atoms with Crippen LogP contribution in [0.3, 0.4) is 0 Å². The number of hydrogen-bond donors (Lipinski definition) is 3. The number of amides is 1. The van der Waals surface area contributed by atoms with E-state index in [9.17, 15) is 22.4 Å². The van der Waals surface area contributed by atoms with Gasteiger partial charge >= 0.3 is 5.97 Å². The number of carboxylic acid groups (broad SMARTS) is 1. The minimum absolute atomic E-state index is 0.0580. The molecule has 7 nitrogen and oxygen atoms in total. The highest BCUT2D eigenvalue weighted by Gasteiger charge is 2.29. The first kappa shape index (κ1) is 18.3. The quantitative estimate of drug-likeness (QED) is 0.713. The van der Waals surface area contributed by atoms with Crippen molar-refractivity contribution in [2.75, 3.05) is 5.32 Å². The summed E-state index contributed by atoms with van der Waals surface area (Å²) in [6.45, 7) is 3.51. The molecule has 0 bridgehead atoms. The average molecular weight is 358 g/mol. The van der Waals surface area contributed by atoms with Gasteiger partial charge in [-0.05, 0) is 36.5 Å². The molecule has 1 amide bonds. The van der Waals surface area contributed by atoms with Gasteiger partial charge in [-0.3, -0.25) is 9.59 Å². The number of carboxylic acids is 1. The number of carbonyl (C=O) groups excluding carboxylic acids is 1. The van der Waals surface area contributed by atoms with Gasteiger partial charge in [0.2, 0.25) is 15.9 Å². The number of rotatable bonds is 6. The van der Waals surface area contributed by atoms with E-state index in [1.165, 1.54) is 0 Å². The lowest BCUT2D eigenvalue weighted by molar-refractivity contribution is -0.139. The summed E-state index contributed by atoms with van der Waals surface area (Å²) in [5.74, 6) is -2.69. The first-order chi connectivity index (χ1) is 11.1. The lowest BCUT2D eigenvalue weighted by Crippen LogP contribution is -2.41. The number of aliphatic carboxylic acids is 1. The molecule has 9 heteroatoms. The minimum Gasteiger partial charge on any atom is -0.480 e. The van der Waals surface area contributed by atoms with Crippen molar-refractivity contribution in [3.05, 3.63) is 23.5 Å². The van der Waals surface area contributed by atoms with Crippen LogP contribution in [0.1, 0.15) is 32.3 Å². The zero-order chi connectivity index (χ0) is 18.1. The monoisotopic (exact) mass is 358 g/mol. The van der Waals surface area contributed by atoms with E-state index in [0.717, 1.165) is 12.1 Å². The molecular weight excluding hydrogens is 339 g/mol. The molecule has 1 aliphatic heterocycles. The van der Waals surface area contributed by atoms with Crippen molar-refractivity contribution in [2.45, 2.75) is 44.0 Å². The molecule has 1 aromatic rings. The van der Waals surface area contributed by atoms with Crippen LogP contribution in [0.25, 0.3) is 0 Å². The van der Waals surface area contributed by atoms with Gasteiger partial charge in [0, 0.05) is 12.1 Å². The second-order valence-corrected chi connectivity index (χ2v) is 7.81. The van der Waals surface area contributed by atoms with Crippen LogP contribution in [0.15, 0.2) is 17.0 Å². The molecule has 0 saturated heterocycles.